The van der Waals surface area contributed by atoms with E-state index in [-0.39, 0.29) is 0 Å². The van der Waals surface area contributed by atoms with Crippen molar-refractivity contribution in [3.63, 3.8) is 0 Å². The van der Waals surface area contributed by atoms with E-state index < -0.39 is 0 Å². The zero-order chi connectivity index (χ0) is 13.4. The molecule has 3 heteroatoms. The average molecular weight is 260 g/mol. The molecule has 2 aliphatic rings. The SMILES string of the molecule is COc1cc(CCC=O)c(OC)c2c1C1CCC2C1. The first-order valence-corrected chi connectivity index (χ1v) is 7.01. The zero-order valence-corrected chi connectivity index (χ0v) is 11.6. The summed E-state index contributed by atoms with van der Waals surface area (Å²) in [4.78, 5) is 10.6. The third-order valence-corrected chi connectivity index (χ3v) is 4.60. The molecular formula is C16H20O3. The van der Waals surface area contributed by atoms with Gasteiger partial charge in [-0.25, -0.2) is 0 Å². The van der Waals surface area contributed by atoms with Crippen molar-refractivity contribution < 1.29 is 14.3 Å². The molecule has 2 atom stereocenters. The van der Waals surface area contributed by atoms with Gasteiger partial charge in [0.25, 0.3) is 0 Å². The van der Waals surface area contributed by atoms with Gasteiger partial charge in [-0.2, -0.15) is 0 Å². The highest BCUT2D eigenvalue weighted by atomic mass is 16.5. The second kappa shape index (κ2) is 4.87. The number of benzene rings is 1. The van der Waals surface area contributed by atoms with Gasteiger partial charge in [0.2, 0.25) is 0 Å². The van der Waals surface area contributed by atoms with Crippen LogP contribution in [0.2, 0.25) is 0 Å². The van der Waals surface area contributed by atoms with Crippen molar-refractivity contribution in [1.82, 2.24) is 0 Å². The van der Waals surface area contributed by atoms with Crippen LogP contribution in [-0.2, 0) is 11.2 Å². The predicted molar refractivity (Wildman–Crippen MR) is 73.3 cm³/mol. The summed E-state index contributed by atoms with van der Waals surface area (Å²) in [6.07, 6.45) is 5.99. The van der Waals surface area contributed by atoms with Crippen molar-refractivity contribution in [1.29, 1.82) is 0 Å². The summed E-state index contributed by atoms with van der Waals surface area (Å²) in [6, 6.07) is 2.07. The Balaban J connectivity index is 2.13. The lowest BCUT2D eigenvalue weighted by Crippen LogP contribution is -2.07. The van der Waals surface area contributed by atoms with Gasteiger partial charge in [0.15, 0.2) is 0 Å². The predicted octanol–water partition coefficient (Wildman–Crippen LogP) is 3.20. The van der Waals surface area contributed by atoms with Crippen molar-refractivity contribution in [2.75, 3.05) is 14.2 Å². The minimum atomic E-state index is 0.534. The third-order valence-electron chi connectivity index (χ3n) is 4.60. The van der Waals surface area contributed by atoms with E-state index in [2.05, 4.69) is 6.07 Å². The fraction of sp³-hybridized carbons (Fsp3) is 0.562. The first-order valence-electron chi connectivity index (χ1n) is 7.01. The van der Waals surface area contributed by atoms with Gasteiger partial charge in [0.05, 0.1) is 14.2 Å². The van der Waals surface area contributed by atoms with Crippen LogP contribution in [0, 0.1) is 0 Å². The fourth-order valence-electron chi connectivity index (χ4n) is 3.87. The summed E-state index contributed by atoms with van der Waals surface area (Å²) < 4.78 is 11.3. The number of aryl methyl sites for hydroxylation is 1. The van der Waals surface area contributed by atoms with Gasteiger partial charge in [-0.05, 0) is 49.1 Å². The molecule has 19 heavy (non-hydrogen) atoms. The molecule has 3 rings (SSSR count). The lowest BCUT2D eigenvalue weighted by atomic mass is 9.87. The maximum atomic E-state index is 10.6. The molecule has 1 aromatic rings. The lowest BCUT2D eigenvalue weighted by Gasteiger charge is -2.23. The molecule has 0 spiro atoms. The standard InChI is InChI=1S/C16H20O3/c1-18-13-9-12(4-3-7-17)16(19-2)15-11-6-5-10(8-11)14(13)15/h7,9-11H,3-6,8H2,1-2H3. The van der Waals surface area contributed by atoms with Gasteiger partial charge < -0.3 is 14.3 Å². The number of ether oxygens (including phenoxy) is 2. The highest BCUT2D eigenvalue weighted by Crippen LogP contribution is 2.59. The normalized spacial score (nSPS) is 23.3. The first-order chi connectivity index (χ1) is 9.30. The fourth-order valence-corrected chi connectivity index (χ4v) is 3.87. The zero-order valence-electron chi connectivity index (χ0n) is 11.6. The number of hydrogen-bond acceptors (Lipinski definition) is 3. The van der Waals surface area contributed by atoms with E-state index >= 15 is 0 Å². The van der Waals surface area contributed by atoms with Crippen LogP contribution in [-0.4, -0.2) is 20.5 Å². The van der Waals surface area contributed by atoms with Crippen LogP contribution in [0.3, 0.4) is 0 Å². The van der Waals surface area contributed by atoms with Crippen LogP contribution in [0.4, 0.5) is 0 Å². The van der Waals surface area contributed by atoms with Crippen molar-refractivity contribution in [3.8, 4) is 11.5 Å². The van der Waals surface area contributed by atoms with Gasteiger partial charge >= 0.3 is 0 Å². The maximum absolute atomic E-state index is 10.6. The Morgan fingerprint density at radius 3 is 2.58 bits per heavy atom. The van der Waals surface area contributed by atoms with Crippen LogP contribution in [0.15, 0.2) is 6.07 Å². The molecule has 0 heterocycles. The Hall–Kier alpha value is -1.51. The molecule has 1 saturated carbocycles. The largest absolute Gasteiger partial charge is 0.496 e. The summed E-state index contributed by atoms with van der Waals surface area (Å²) in [5.74, 6) is 3.26. The molecule has 0 aliphatic heterocycles. The number of rotatable bonds is 5. The van der Waals surface area contributed by atoms with E-state index in [0.717, 1.165) is 29.8 Å². The van der Waals surface area contributed by atoms with Gasteiger partial charge in [0.1, 0.15) is 17.8 Å². The number of carbonyl (C=O) groups is 1. The molecule has 0 amide bonds. The Morgan fingerprint density at radius 2 is 1.95 bits per heavy atom. The second-order valence-corrected chi connectivity index (χ2v) is 5.51. The average Bonchev–Trinajstić information content (AvgIpc) is 3.05. The van der Waals surface area contributed by atoms with Gasteiger partial charge in [0, 0.05) is 17.5 Å². The van der Waals surface area contributed by atoms with E-state index in [1.165, 1.54) is 30.4 Å². The highest BCUT2D eigenvalue weighted by Gasteiger charge is 2.42. The van der Waals surface area contributed by atoms with Crippen LogP contribution in [0.25, 0.3) is 0 Å². The Bertz CT molecular complexity index is 507. The van der Waals surface area contributed by atoms with Gasteiger partial charge in [-0.1, -0.05) is 0 Å². The first kappa shape index (κ1) is 12.5. The Kier molecular flexibility index (Phi) is 3.21. The third kappa shape index (κ3) is 1.83. The summed E-state index contributed by atoms with van der Waals surface area (Å²) >= 11 is 0. The second-order valence-electron chi connectivity index (χ2n) is 5.51. The summed E-state index contributed by atoms with van der Waals surface area (Å²) in [5, 5.41) is 0. The van der Waals surface area contributed by atoms with E-state index in [1.807, 2.05) is 0 Å². The molecule has 0 radical (unpaired) electrons. The lowest BCUT2D eigenvalue weighted by molar-refractivity contribution is -0.107. The molecule has 1 fully saturated rings. The van der Waals surface area contributed by atoms with Gasteiger partial charge in [-0.3, -0.25) is 0 Å². The number of hydrogen-bond donors (Lipinski definition) is 0. The van der Waals surface area contributed by atoms with Crippen LogP contribution >= 0.6 is 0 Å². The number of fused-ring (bicyclic) bond motifs is 5. The molecule has 0 aromatic heterocycles. The smallest absolute Gasteiger partial charge is 0.126 e. The van der Waals surface area contributed by atoms with E-state index in [4.69, 9.17) is 9.47 Å². The van der Waals surface area contributed by atoms with Crippen molar-refractivity contribution in [2.24, 2.45) is 0 Å². The molecule has 2 bridgehead atoms. The van der Waals surface area contributed by atoms with Crippen molar-refractivity contribution in [3.05, 3.63) is 22.8 Å². The number of aldehydes is 1. The minimum absolute atomic E-state index is 0.534. The summed E-state index contributed by atoms with van der Waals surface area (Å²) in [5.41, 5.74) is 3.84. The molecule has 102 valence electrons. The van der Waals surface area contributed by atoms with Crippen LogP contribution in [0.5, 0.6) is 11.5 Å². The molecule has 2 aliphatic carbocycles. The summed E-state index contributed by atoms with van der Waals surface area (Å²) in [7, 11) is 3.47. The Morgan fingerprint density at radius 1 is 1.21 bits per heavy atom. The van der Waals surface area contributed by atoms with E-state index in [0.29, 0.717) is 18.3 Å². The van der Waals surface area contributed by atoms with Crippen molar-refractivity contribution >= 4 is 6.29 Å². The van der Waals surface area contributed by atoms with Crippen LogP contribution in [0.1, 0.15) is 54.2 Å². The quantitative estimate of drug-likeness (QED) is 0.763. The molecule has 2 unspecified atom stereocenters. The topological polar surface area (TPSA) is 35.5 Å². The van der Waals surface area contributed by atoms with E-state index in [9.17, 15) is 4.79 Å². The molecular weight excluding hydrogens is 240 g/mol. The van der Waals surface area contributed by atoms with Crippen molar-refractivity contribution in [2.45, 2.75) is 43.9 Å². The van der Waals surface area contributed by atoms with E-state index in [1.54, 1.807) is 14.2 Å². The molecule has 3 nitrogen and oxygen atoms in total. The molecule has 0 saturated heterocycles. The monoisotopic (exact) mass is 260 g/mol. The molecule has 1 aromatic carbocycles. The maximum Gasteiger partial charge on any atom is 0.126 e. The minimum Gasteiger partial charge on any atom is -0.496 e. The van der Waals surface area contributed by atoms with Gasteiger partial charge in [-0.15, -0.1) is 0 Å². The van der Waals surface area contributed by atoms with Crippen LogP contribution < -0.4 is 9.47 Å². The summed E-state index contributed by atoms with van der Waals surface area (Å²) in [6.45, 7) is 0. The number of methoxy groups -OCH3 is 2. The molecule has 0 N–H and O–H groups in total. The Labute approximate surface area is 113 Å². The number of carbonyl (C=O) groups excluding carboxylic acids is 1. The highest BCUT2D eigenvalue weighted by molar-refractivity contribution is 5.61.